The molecule has 154 valence electrons. The minimum absolute atomic E-state index is 0.254. The van der Waals surface area contributed by atoms with Gasteiger partial charge in [0.1, 0.15) is 11.6 Å². The minimum Gasteiger partial charge on any atom is -0.454 e. The Bertz CT molecular complexity index is 865. The van der Waals surface area contributed by atoms with Gasteiger partial charge < -0.3 is 30.2 Å². The predicted octanol–water partition coefficient (Wildman–Crippen LogP) is 1.83. The average molecular weight is 398 g/mol. The fourth-order valence-corrected chi connectivity index (χ4v) is 4.20. The lowest BCUT2D eigenvalue weighted by Crippen LogP contribution is -2.49. The van der Waals surface area contributed by atoms with Crippen molar-refractivity contribution in [3.8, 4) is 11.5 Å². The van der Waals surface area contributed by atoms with Crippen LogP contribution in [0, 0.1) is 0 Å². The third kappa shape index (κ3) is 4.01. The van der Waals surface area contributed by atoms with Crippen LogP contribution in [0.15, 0.2) is 24.3 Å². The van der Waals surface area contributed by atoms with E-state index < -0.39 is 0 Å². The van der Waals surface area contributed by atoms with Crippen molar-refractivity contribution in [2.75, 3.05) is 62.1 Å². The number of nitrogens with one attached hydrogen (secondary N) is 1. The Labute approximate surface area is 169 Å². The second-order valence-corrected chi connectivity index (χ2v) is 7.53. The van der Waals surface area contributed by atoms with Crippen molar-refractivity contribution in [3.63, 3.8) is 0 Å². The van der Waals surface area contributed by atoms with Gasteiger partial charge in [-0.25, -0.2) is 0 Å². The van der Waals surface area contributed by atoms with Gasteiger partial charge in [0, 0.05) is 50.0 Å². The van der Waals surface area contributed by atoms with Crippen molar-refractivity contribution >= 4 is 23.3 Å². The molecule has 2 fully saturated rings. The Morgan fingerprint density at radius 2 is 1.76 bits per heavy atom. The topological polar surface area (TPSA) is 98.0 Å². The van der Waals surface area contributed by atoms with E-state index in [9.17, 15) is 0 Å². The first-order chi connectivity index (χ1) is 14.2. The molecule has 1 aromatic carbocycles. The summed E-state index contributed by atoms with van der Waals surface area (Å²) >= 11 is 0. The lowest BCUT2D eigenvalue weighted by Gasteiger charge is -2.40. The second-order valence-electron chi connectivity index (χ2n) is 7.53. The fourth-order valence-electron chi connectivity index (χ4n) is 4.20. The van der Waals surface area contributed by atoms with Gasteiger partial charge in [-0.2, -0.15) is 9.97 Å². The maximum absolute atomic E-state index is 6.00. The molecule has 9 heteroatoms. The third-order valence-corrected chi connectivity index (χ3v) is 5.73. The molecule has 3 aliphatic heterocycles. The number of nitrogen functional groups attached to an aromatic ring is 1. The highest BCUT2D eigenvalue weighted by Gasteiger charge is 2.26. The largest absolute Gasteiger partial charge is 0.454 e. The Morgan fingerprint density at radius 1 is 0.966 bits per heavy atom. The molecule has 0 aliphatic carbocycles. The van der Waals surface area contributed by atoms with Crippen LogP contribution in [0.1, 0.15) is 12.8 Å². The van der Waals surface area contributed by atoms with E-state index in [-0.39, 0.29) is 12.7 Å². The van der Waals surface area contributed by atoms with Gasteiger partial charge in [0.15, 0.2) is 11.5 Å². The van der Waals surface area contributed by atoms with Gasteiger partial charge in [0.05, 0.1) is 13.2 Å². The number of nitrogens with two attached hydrogens (primary N) is 1. The van der Waals surface area contributed by atoms with Crippen LogP contribution in [-0.2, 0) is 4.74 Å². The summed E-state index contributed by atoms with van der Waals surface area (Å²) in [7, 11) is 0. The van der Waals surface area contributed by atoms with Crippen molar-refractivity contribution in [2.45, 2.75) is 18.9 Å². The molecule has 0 spiro atoms. The van der Waals surface area contributed by atoms with Crippen LogP contribution in [0.25, 0.3) is 0 Å². The molecular weight excluding hydrogens is 372 g/mol. The molecule has 4 heterocycles. The molecule has 1 aromatic heterocycles. The fraction of sp³-hybridized carbons (Fsp3) is 0.500. The highest BCUT2D eigenvalue weighted by molar-refractivity contribution is 5.64. The van der Waals surface area contributed by atoms with Crippen molar-refractivity contribution in [3.05, 3.63) is 24.3 Å². The number of piperidine rings is 1. The molecule has 0 atom stereocenters. The number of fused-ring (bicyclic) bond motifs is 1. The van der Waals surface area contributed by atoms with E-state index in [2.05, 4.69) is 25.1 Å². The summed E-state index contributed by atoms with van der Waals surface area (Å²) in [6.45, 7) is 5.94. The zero-order valence-electron chi connectivity index (χ0n) is 16.3. The number of morpholine rings is 1. The molecule has 3 N–H and O–H groups in total. The zero-order chi connectivity index (χ0) is 19.6. The van der Waals surface area contributed by atoms with Crippen LogP contribution in [0.4, 0.5) is 23.3 Å². The Morgan fingerprint density at radius 3 is 2.59 bits per heavy atom. The van der Waals surface area contributed by atoms with Gasteiger partial charge in [0.25, 0.3) is 0 Å². The summed E-state index contributed by atoms with van der Waals surface area (Å²) in [5, 5.41) is 3.30. The molecule has 3 aliphatic rings. The van der Waals surface area contributed by atoms with Gasteiger partial charge in [-0.1, -0.05) is 0 Å². The summed E-state index contributed by atoms with van der Waals surface area (Å²) in [5.74, 6) is 3.27. The first-order valence-electron chi connectivity index (χ1n) is 10.1. The maximum Gasteiger partial charge on any atom is 0.231 e. The number of benzene rings is 1. The van der Waals surface area contributed by atoms with Crippen molar-refractivity contribution in [1.82, 2.24) is 14.9 Å². The number of hydrogen-bond acceptors (Lipinski definition) is 9. The first-order valence-corrected chi connectivity index (χ1v) is 10.1. The van der Waals surface area contributed by atoms with Gasteiger partial charge in [-0.3, -0.25) is 4.90 Å². The van der Waals surface area contributed by atoms with E-state index in [1.807, 2.05) is 24.3 Å². The van der Waals surface area contributed by atoms with E-state index in [0.29, 0.717) is 11.9 Å². The summed E-state index contributed by atoms with van der Waals surface area (Å²) in [6.07, 6.45) is 2.24. The predicted molar refractivity (Wildman–Crippen MR) is 110 cm³/mol. The van der Waals surface area contributed by atoms with E-state index in [0.717, 1.165) is 75.2 Å². The number of hydrogen-bond donors (Lipinski definition) is 2. The number of anilines is 4. The van der Waals surface area contributed by atoms with Gasteiger partial charge in [-0.15, -0.1) is 0 Å². The van der Waals surface area contributed by atoms with Crippen molar-refractivity contribution < 1.29 is 14.2 Å². The number of ether oxygens (including phenoxy) is 3. The Balaban J connectivity index is 1.26. The number of aromatic nitrogens is 2. The molecule has 5 rings (SSSR count). The molecule has 0 amide bonds. The van der Waals surface area contributed by atoms with E-state index in [1.165, 1.54) is 0 Å². The SMILES string of the molecule is Nc1nc(Nc2ccc3c(c2)OCO3)cc(N2CCC(N3CCOCC3)CC2)n1. The maximum atomic E-state index is 6.00. The molecule has 0 saturated carbocycles. The molecule has 0 radical (unpaired) electrons. The lowest BCUT2D eigenvalue weighted by molar-refractivity contribution is 0.0115. The van der Waals surface area contributed by atoms with Crippen LogP contribution in [0.5, 0.6) is 11.5 Å². The van der Waals surface area contributed by atoms with Crippen LogP contribution in [-0.4, -0.2) is 67.1 Å². The normalized spacial score (nSPS) is 20.1. The van der Waals surface area contributed by atoms with E-state index >= 15 is 0 Å². The zero-order valence-corrected chi connectivity index (χ0v) is 16.3. The van der Waals surface area contributed by atoms with Gasteiger partial charge in [0.2, 0.25) is 12.7 Å². The third-order valence-electron chi connectivity index (χ3n) is 5.73. The highest BCUT2D eigenvalue weighted by atomic mass is 16.7. The van der Waals surface area contributed by atoms with Gasteiger partial charge in [-0.05, 0) is 25.0 Å². The molecule has 0 unspecified atom stereocenters. The number of nitrogens with zero attached hydrogens (tertiary/aromatic N) is 4. The molecule has 9 nitrogen and oxygen atoms in total. The smallest absolute Gasteiger partial charge is 0.231 e. The molecule has 29 heavy (non-hydrogen) atoms. The molecule has 0 bridgehead atoms. The highest BCUT2D eigenvalue weighted by Crippen LogP contribution is 2.35. The summed E-state index contributed by atoms with van der Waals surface area (Å²) in [4.78, 5) is 13.7. The quantitative estimate of drug-likeness (QED) is 0.799. The lowest BCUT2D eigenvalue weighted by atomic mass is 10.0. The van der Waals surface area contributed by atoms with E-state index in [1.54, 1.807) is 0 Å². The monoisotopic (exact) mass is 398 g/mol. The van der Waals surface area contributed by atoms with Crippen LogP contribution in [0.2, 0.25) is 0 Å². The van der Waals surface area contributed by atoms with Crippen LogP contribution < -0.4 is 25.4 Å². The van der Waals surface area contributed by atoms with Crippen molar-refractivity contribution in [1.29, 1.82) is 0 Å². The molecule has 2 aromatic rings. The molecular formula is C20H26N6O3. The van der Waals surface area contributed by atoms with Crippen LogP contribution >= 0.6 is 0 Å². The minimum atomic E-state index is 0.254. The average Bonchev–Trinajstić information content (AvgIpc) is 3.22. The van der Waals surface area contributed by atoms with Gasteiger partial charge >= 0.3 is 0 Å². The number of rotatable bonds is 4. The summed E-state index contributed by atoms with van der Waals surface area (Å²) in [6, 6.07) is 8.29. The van der Waals surface area contributed by atoms with Crippen LogP contribution in [0.3, 0.4) is 0 Å². The van der Waals surface area contributed by atoms with Crippen molar-refractivity contribution in [2.24, 2.45) is 0 Å². The standard InChI is InChI=1S/C20H26N6O3/c21-20-23-18(22-14-1-2-16-17(11-14)29-13-28-16)12-19(24-20)26-5-3-15(4-6-26)25-7-9-27-10-8-25/h1-2,11-12,15H,3-10,13H2,(H3,21,22,23,24). The summed E-state index contributed by atoms with van der Waals surface area (Å²) in [5.41, 5.74) is 6.86. The molecule has 2 saturated heterocycles. The van der Waals surface area contributed by atoms with E-state index in [4.69, 9.17) is 19.9 Å². The second kappa shape index (κ2) is 7.92. The first kappa shape index (κ1) is 18.3. The Kier molecular flexibility index (Phi) is 4.99. The Hall–Kier alpha value is -2.78. The summed E-state index contributed by atoms with van der Waals surface area (Å²) < 4.78 is 16.3.